The molecule has 0 saturated carbocycles. The first-order valence-electron chi connectivity index (χ1n) is 10.9. The molecular formula is C25H26F3N3O3S. The lowest BCUT2D eigenvalue weighted by Gasteiger charge is -2.12. The maximum absolute atomic E-state index is 12.9. The molecule has 0 aliphatic carbocycles. The Morgan fingerprint density at radius 1 is 1.20 bits per heavy atom. The zero-order chi connectivity index (χ0) is 25.9. The molecule has 0 bridgehead atoms. The van der Waals surface area contributed by atoms with Gasteiger partial charge in [-0.05, 0) is 49.4 Å². The average Bonchev–Trinajstić information content (AvgIpc) is 3.21. The SMILES string of the molecule is CC(=O)Nc1cc(O)c(C(CCc2sc(-c3ccc(C(F)(F)F)cc3)nc2C(C)C)=NO)cc1C. The van der Waals surface area contributed by atoms with Crippen molar-refractivity contribution in [3.05, 3.63) is 63.7 Å². The van der Waals surface area contributed by atoms with Gasteiger partial charge in [-0.1, -0.05) is 31.1 Å². The van der Waals surface area contributed by atoms with Crippen molar-refractivity contribution in [2.75, 3.05) is 5.32 Å². The van der Waals surface area contributed by atoms with E-state index in [2.05, 4.69) is 15.5 Å². The topological polar surface area (TPSA) is 94.8 Å². The van der Waals surface area contributed by atoms with Crippen molar-refractivity contribution in [3.8, 4) is 16.3 Å². The van der Waals surface area contributed by atoms with Gasteiger partial charge in [-0.3, -0.25) is 4.79 Å². The van der Waals surface area contributed by atoms with Crippen LogP contribution in [-0.2, 0) is 17.4 Å². The molecule has 0 saturated heterocycles. The molecule has 0 fully saturated rings. The van der Waals surface area contributed by atoms with E-state index in [9.17, 15) is 28.3 Å². The summed E-state index contributed by atoms with van der Waals surface area (Å²) >= 11 is 1.38. The molecule has 186 valence electrons. The van der Waals surface area contributed by atoms with Crippen molar-refractivity contribution in [1.82, 2.24) is 4.98 Å². The molecule has 0 radical (unpaired) electrons. The molecule has 0 spiro atoms. The number of aromatic nitrogens is 1. The molecule has 1 heterocycles. The van der Waals surface area contributed by atoms with Gasteiger partial charge in [-0.2, -0.15) is 13.2 Å². The summed E-state index contributed by atoms with van der Waals surface area (Å²) < 4.78 is 38.7. The summed E-state index contributed by atoms with van der Waals surface area (Å²) in [6.07, 6.45) is -3.66. The van der Waals surface area contributed by atoms with Gasteiger partial charge in [0.2, 0.25) is 5.91 Å². The van der Waals surface area contributed by atoms with Crippen LogP contribution in [0.2, 0.25) is 0 Å². The molecule has 3 aromatic rings. The van der Waals surface area contributed by atoms with Gasteiger partial charge in [0.05, 0.1) is 17.0 Å². The highest BCUT2D eigenvalue weighted by Gasteiger charge is 2.30. The van der Waals surface area contributed by atoms with Gasteiger partial charge in [0, 0.05) is 34.7 Å². The number of nitrogens with one attached hydrogen (secondary N) is 1. The van der Waals surface area contributed by atoms with Gasteiger partial charge in [0.15, 0.2) is 0 Å². The first kappa shape index (κ1) is 26.2. The number of amides is 1. The van der Waals surface area contributed by atoms with Crippen LogP contribution < -0.4 is 5.32 Å². The number of phenols is 1. The van der Waals surface area contributed by atoms with Crippen molar-refractivity contribution in [2.24, 2.45) is 5.16 Å². The monoisotopic (exact) mass is 505 g/mol. The van der Waals surface area contributed by atoms with E-state index in [0.29, 0.717) is 33.8 Å². The van der Waals surface area contributed by atoms with Crippen molar-refractivity contribution < 1.29 is 28.3 Å². The van der Waals surface area contributed by atoms with E-state index >= 15 is 0 Å². The number of aryl methyl sites for hydroxylation is 2. The number of aromatic hydroxyl groups is 1. The first-order chi connectivity index (χ1) is 16.4. The van der Waals surface area contributed by atoms with Crippen LogP contribution in [0.3, 0.4) is 0 Å². The van der Waals surface area contributed by atoms with Crippen LogP contribution in [-0.4, -0.2) is 26.9 Å². The van der Waals surface area contributed by atoms with Crippen LogP contribution in [0.1, 0.15) is 60.4 Å². The minimum absolute atomic E-state index is 0.0755. The third kappa shape index (κ3) is 6.19. The van der Waals surface area contributed by atoms with Gasteiger partial charge in [-0.25, -0.2) is 4.98 Å². The number of anilines is 1. The maximum atomic E-state index is 12.9. The Hall–Kier alpha value is -3.40. The number of hydrogen-bond acceptors (Lipinski definition) is 6. The van der Waals surface area contributed by atoms with Crippen molar-refractivity contribution in [2.45, 2.75) is 52.6 Å². The Labute approximate surface area is 205 Å². The highest BCUT2D eigenvalue weighted by molar-refractivity contribution is 7.15. The summed E-state index contributed by atoms with van der Waals surface area (Å²) in [6.45, 7) is 7.09. The van der Waals surface area contributed by atoms with Crippen LogP contribution in [0.5, 0.6) is 5.75 Å². The molecular weight excluding hydrogens is 479 g/mol. The minimum Gasteiger partial charge on any atom is -0.507 e. The van der Waals surface area contributed by atoms with Gasteiger partial charge >= 0.3 is 6.18 Å². The third-order valence-corrected chi connectivity index (χ3v) is 6.59. The second kappa shape index (κ2) is 10.5. The summed E-state index contributed by atoms with van der Waals surface area (Å²) in [6, 6.07) is 7.95. The molecule has 0 unspecified atom stereocenters. The number of thiazole rings is 1. The van der Waals surface area contributed by atoms with Crippen LogP contribution in [0.25, 0.3) is 10.6 Å². The summed E-state index contributed by atoms with van der Waals surface area (Å²) in [5.41, 5.74) is 2.46. The summed E-state index contributed by atoms with van der Waals surface area (Å²) in [5, 5.41) is 26.7. The number of benzene rings is 2. The molecule has 2 aromatic carbocycles. The number of hydrogen-bond donors (Lipinski definition) is 3. The molecule has 0 aliphatic heterocycles. The summed E-state index contributed by atoms with van der Waals surface area (Å²) in [5.74, 6) is -0.330. The first-order valence-corrected chi connectivity index (χ1v) is 11.7. The smallest absolute Gasteiger partial charge is 0.416 e. The molecule has 0 aliphatic rings. The highest BCUT2D eigenvalue weighted by Crippen LogP contribution is 2.36. The molecule has 3 N–H and O–H groups in total. The second-order valence-corrected chi connectivity index (χ2v) is 9.55. The lowest BCUT2D eigenvalue weighted by Crippen LogP contribution is -2.09. The van der Waals surface area contributed by atoms with Gasteiger partial charge in [0.1, 0.15) is 10.8 Å². The quantitative estimate of drug-likeness (QED) is 0.188. The van der Waals surface area contributed by atoms with Gasteiger partial charge in [0.25, 0.3) is 0 Å². The van der Waals surface area contributed by atoms with Crippen LogP contribution in [0.15, 0.2) is 41.6 Å². The van der Waals surface area contributed by atoms with Crippen molar-refractivity contribution in [3.63, 3.8) is 0 Å². The Kier molecular flexibility index (Phi) is 7.84. The molecule has 35 heavy (non-hydrogen) atoms. The lowest BCUT2D eigenvalue weighted by molar-refractivity contribution is -0.137. The highest BCUT2D eigenvalue weighted by atomic mass is 32.1. The number of carbonyl (C=O) groups is 1. The Morgan fingerprint density at radius 3 is 2.40 bits per heavy atom. The van der Waals surface area contributed by atoms with Crippen molar-refractivity contribution in [1.29, 1.82) is 0 Å². The molecule has 1 aromatic heterocycles. The van der Waals surface area contributed by atoms with Crippen LogP contribution >= 0.6 is 11.3 Å². The van der Waals surface area contributed by atoms with Crippen LogP contribution in [0, 0.1) is 6.92 Å². The molecule has 10 heteroatoms. The molecule has 0 atom stereocenters. The Balaban J connectivity index is 1.85. The van der Waals surface area contributed by atoms with Gasteiger partial charge < -0.3 is 15.6 Å². The zero-order valence-electron chi connectivity index (χ0n) is 19.7. The van der Waals surface area contributed by atoms with Crippen LogP contribution in [0.4, 0.5) is 18.9 Å². The van der Waals surface area contributed by atoms with Crippen molar-refractivity contribution >= 4 is 28.6 Å². The maximum Gasteiger partial charge on any atom is 0.416 e. The number of rotatable bonds is 7. The number of carbonyl (C=O) groups excluding carboxylic acids is 1. The number of oxime groups is 1. The van der Waals surface area contributed by atoms with E-state index in [-0.39, 0.29) is 29.7 Å². The van der Waals surface area contributed by atoms with E-state index in [1.807, 2.05) is 13.8 Å². The lowest BCUT2D eigenvalue weighted by atomic mass is 9.99. The fourth-order valence-corrected chi connectivity index (χ4v) is 4.86. The normalized spacial score (nSPS) is 12.3. The predicted octanol–water partition coefficient (Wildman–Crippen LogP) is 6.74. The Morgan fingerprint density at radius 2 is 1.86 bits per heavy atom. The van der Waals surface area contributed by atoms with E-state index in [0.717, 1.165) is 22.7 Å². The van der Waals surface area contributed by atoms with E-state index in [1.54, 1.807) is 13.0 Å². The Bertz CT molecular complexity index is 1250. The third-order valence-electron chi connectivity index (χ3n) is 5.41. The largest absolute Gasteiger partial charge is 0.507 e. The zero-order valence-corrected chi connectivity index (χ0v) is 20.5. The van der Waals surface area contributed by atoms with E-state index in [4.69, 9.17) is 0 Å². The average molecular weight is 506 g/mol. The minimum atomic E-state index is -4.40. The van der Waals surface area contributed by atoms with Gasteiger partial charge in [-0.15, -0.1) is 11.3 Å². The summed E-state index contributed by atoms with van der Waals surface area (Å²) in [7, 11) is 0. The second-order valence-electron chi connectivity index (χ2n) is 8.47. The predicted molar refractivity (Wildman–Crippen MR) is 130 cm³/mol. The molecule has 1 amide bonds. The molecule has 3 rings (SSSR count). The van der Waals surface area contributed by atoms with E-state index in [1.165, 1.54) is 36.5 Å². The fourth-order valence-electron chi connectivity index (χ4n) is 3.64. The summed E-state index contributed by atoms with van der Waals surface area (Å²) in [4.78, 5) is 16.9. The van der Waals surface area contributed by atoms with E-state index < -0.39 is 11.7 Å². The number of halogens is 3. The fraction of sp³-hybridized carbons (Fsp3) is 0.320. The number of nitrogens with zero attached hydrogens (tertiary/aromatic N) is 2. The number of alkyl halides is 3. The standard InChI is InChI=1S/C25H26F3N3O3S/c1-13(2)23-22(35-24(30-23)16-5-7-17(8-6-16)25(26,27)28)10-9-19(31-34)18-11-14(3)20(12-21(18)33)29-15(4)32/h5-8,11-13,33-34H,9-10H2,1-4H3,(H,29,32). The molecule has 6 nitrogen and oxygen atoms in total. The number of phenolic OH excluding ortho intramolecular Hbond substituents is 1.